The summed E-state index contributed by atoms with van der Waals surface area (Å²) in [4.78, 5) is 0. The lowest BCUT2D eigenvalue weighted by Gasteiger charge is -2.22. The van der Waals surface area contributed by atoms with Crippen molar-refractivity contribution < 1.29 is 4.74 Å². The van der Waals surface area contributed by atoms with Crippen molar-refractivity contribution >= 4 is 11.3 Å². The van der Waals surface area contributed by atoms with Crippen LogP contribution in [0.2, 0.25) is 0 Å². The Morgan fingerprint density at radius 2 is 1.95 bits per heavy atom. The molecule has 1 N–H and O–H groups in total. The number of para-hydroxylation sites is 1. The zero-order valence-electron chi connectivity index (χ0n) is 11.7. The Morgan fingerprint density at radius 1 is 1.16 bits per heavy atom. The van der Waals surface area contributed by atoms with Crippen LogP contribution in [0.5, 0.6) is 5.75 Å². The summed E-state index contributed by atoms with van der Waals surface area (Å²) in [6.45, 7) is 7.09. The number of benzene rings is 1. The van der Waals surface area contributed by atoms with E-state index in [1.807, 2.05) is 19.1 Å². The van der Waals surface area contributed by atoms with Gasteiger partial charge in [-0.05, 0) is 49.2 Å². The number of hydrogen-bond acceptors (Lipinski definition) is 3. The lowest BCUT2D eigenvalue weighted by atomic mass is 10.0. The molecular weight excluding hydrogens is 254 g/mol. The van der Waals surface area contributed by atoms with Gasteiger partial charge in [-0.15, -0.1) is 0 Å². The molecule has 1 aromatic carbocycles. The third kappa shape index (κ3) is 3.58. The van der Waals surface area contributed by atoms with E-state index < -0.39 is 0 Å². The van der Waals surface area contributed by atoms with Crippen LogP contribution < -0.4 is 10.1 Å². The zero-order valence-corrected chi connectivity index (χ0v) is 12.5. The largest absolute Gasteiger partial charge is 0.494 e. The lowest BCUT2D eigenvalue weighted by molar-refractivity contribution is 0.331. The summed E-state index contributed by atoms with van der Waals surface area (Å²) in [6, 6.07) is 11.0. The molecule has 0 aliphatic carbocycles. The Balaban J connectivity index is 2.09. The summed E-state index contributed by atoms with van der Waals surface area (Å²) in [6.07, 6.45) is 0. The van der Waals surface area contributed by atoms with E-state index in [0.29, 0.717) is 12.6 Å². The van der Waals surface area contributed by atoms with Gasteiger partial charge in [0.15, 0.2) is 0 Å². The van der Waals surface area contributed by atoms with Crippen molar-refractivity contribution in [2.75, 3.05) is 6.61 Å². The first kappa shape index (κ1) is 14.1. The van der Waals surface area contributed by atoms with E-state index in [9.17, 15) is 0 Å². The highest BCUT2D eigenvalue weighted by molar-refractivity contribution is 7.07. The van der Waals surface area contributed by atoms with E-state index in [-0.39, 0.29) is 6.04 Å². The standard InChI is InChI=1S/C16H21NOS/c1-4-18-16-8-6-5-7-15(16)13(3)17-12(2)14-9-10-19-11-14/h5-13,17H,4H2,1-3H3. The second-order valence-corrected chi connectivity index (χ2v) is 5.42. The predicted octanol–water partition coefficient (Wildman–Crippen LogP) is 4.56. The van der Waals surface area contributed by atoms with Gasteiger partial charge in [-0.25, -0.2) is 0 Å². The van der Waals surface area contributed by atoms with Gasteiger partial charge in [-0.3, -0.25) is 0 Å². The number of rotatable bonds is 6. The van der Waals surface area contributed by atoms with E-state index in [0.717, 1.165) is 5.75 Å². The van der Waals surface area contributed by atoms with Gasteiger partial charge in [-0.1, -0.05) is 18.2 Å². The van der Waals surface area contributed by atoms with Gasteiger partial charge < -0.3 is 10.1 Å². The van der Waals surface area contributed by atoms with E-state index >= 15 is 0 Å². The van der Waals surface area contributed by atoms with Crippen LogP contribution in [0.4, 0.5) is 0 Å². The molecule has 0 fully saturated rings. The highest BCUT2D eigenvalue weighted by Gasteiger charge is 2.14. The van der Waals surface area contributed by atoms with Crippen LogP contribution in [0.25, 0.3) is 0 Å². The lowest BCUT2D eigenvalue weighted by Crippen LogP contribution is -2.22. The maximum atomic E-state index is 5.69. The van der Waals surface area contributed by atoms with Gasteiger partial charge >= 0.3 is 0 Å². The number of hydrogen-bond donors (Lipinski definition) is 1. The summed E-state index contributed by atoms with van der Waals surface area (Å²) in [5.74, 6) is 0.975. The molecule has 2 unspecified atom stereocenters. The van der Waals surface area contributed by atoms with Crippen molar-refractivity contribution in [3.8, 4) is 5.75 Å². The first-order chi connectivity index (χ1) is 9.22. The van der Waals surface area contributed by atoms with Crippen LogP contribution in [0.15, 0.2) is 41.1 Å². The molecule has 0 aliphatic rings. The van der Waals surface area contributed by atoms with Gasteiger partial charge in [0.2, 0.25) is 0 Å². The van der Waals surface area contributed by atoms with E-state index in [4.69, 9.17) is 4.74 Å². The van der Waals surface area contributed by atoms with Crippen LogP contribution in [-0.2, 0) is 0 Å². The summed E-state index contributed by atoms with van der Waals surface area (Å²) >= 11 is 1.74. The molecule has 0 bridgehead atoms. The van der Waals surface area contributed by atoms with Gasteiger partial charge in [0.1, 0.15) is 5.75 Å². The van der Waals surface area contributed by atoms with Gasteiger partial charge in [-0.2, -0.15) is 11.3 Å². The Hall–Kier alpha value is -1.32. The molecule has 0 saturated carbocycles. The van der Waals surface area contributed by atoms with Crippen LogP contribution in [0, 0.1) is 0 Å². The topological polar surface area (TPSA) is 21.3 Å². The third-order valence-corrected chi connectivity index (χ3v) is 3.93. The molecule has 2 atom stereocenters. The molecule has 1 heterocycles. The molecule has 0 amide bonds. The number of ether oxygens (including phenoxy) is 1. The molecule has 3 heteroatoms. The summed E-state index contributed by atoms with van der Waals surface area (Å²) in [5, 5.41) is 7.93. The number of nitrogens with one attached hydrogen (secondary N) is 1. The fourth-order valence-corrected chi connectivity index (χ4v) is 2.96. The summed E-state index contributed by atoms with van der Waals surface area (Å²) < 4.78 is 5.69. The van der Waals surface area contributed by atoms with Crippen molar-refractivity contribution in [1.29, 1.82) is 0 Å². The average Bonchev–Trinajstić information content (AvgIpc) is 2.93. The highest BCUT2D eigenvalue weighted by atomic mass is 32.1. The van der Waals surface area contributed by atoms with Crippen molar-refractivity contribution in [1.82, 2.24) is 5.32 Å². The molecule has 2 aromatic rings. The van der Waals surface area contributed by atoms with Crippen molar-refractivity contribution in [3.05, 3.63) is 52.2 Å². The monoisotopic (exact) mass is 275 g/mol. The van der Waals surface area contributed by atoms with Crippen molar-refractivity contribution in [3.63, 3.8) is 0 Å². The first-order valence-corrected chi connectivity index (χ1v) is 7.66. The van der Waals surface area contributed by atoms with Crippen LogP contribution >= 0.6 is 11.3 Å². The summed E-state index contributed by atoms with van der Waals surface area (Å²) in [7, 11) is 0. The Kier molecular flexibility index (Phi) is 5.00. The zero-order chi connectivity index (χ0) is 13.7. The fraction of sp³-hybridized carbons (Fsp3) is 0.375. The van der Waals surface area contributed by atoms with Gasteiger partial charge in [0.25, 0.3) is 0 Å². The molecular formula is C16H21NOS. The molecule has 102 valence electrons. The molecule has 0 radical (unpaired) electrons. The smallest absolute Gasteiger partial charge is 0.124 e. The van der Waals surface area contributed by atoms with Crippen LogP contribution in [-0.4, -0.2) is 6.61 Å². The Bertz CT molecular complexity index is 495. The van der Waals surface area contributed by atoms with Gasteiger partial charge in [0, 0.05) is 17.6 Å². The molecule has 0 aliphatic heterocycles. The molecule has 19 heavy (non-hydrogen) atoms. The van der Waals surface area contributed by atoms with Crippen molar-refractivity contribution in [2.24, 2.45) is 0 Å². The molecule has 2 nitrogen and oxygen atoms in total. The van der Waals surface area contributed by atoms with Gasteiger partial charge in [0.05, 0.1) is 6.61 Å². The quantitative estimate of drug-likeness (QED) is 0.834. The number of thiophene rings is 1. The first-order valence-electron chi connectivity index (χ1n) is 6.72. The average molecular weight is 275 g/mol. The third-order valence-electron chi connectivity index (χ3n) is 3.23. The predicted molar refractivity (Wildman–Crippen MR) is 81.9 cm³/mol. The van der Waals surface area contributed by atoms with Crippen LogP contribution in [0.3, 0.4) is 0 Å². The summed E-state index contributed by atoms with van der Waals surface area (Å²) in [5.41, 5.74) is 2.55. The SMILES string of the molecule is CCOc1ccccc1C(C)NC(C)c1ccsc1. The minimum Gasteiger partial charge on any atom is -0.494 e. The minimum absolute atomic E-state index is 0.262. The van der Waals surface area contributed by atoms with E-state index in [1.54, 1.807) is 11.3 Å². The molecule has 2 rings (SSSR count). The van der Waals surface area contributed by atoms with Crippen molar-refractivity contribution in [2.45, 2.75) is 32.9 Å². The molecule has 0 spiro atoms. The second-order valence-electron chi connectivity index (χ2n) is 4.64. The molecule has 0 saturated heterocycles. The van der Waals surface area contributed by atoms with Crippen LogP contribution in [0.1, 0.15) is 44.0 Å². The maximum absolute atomic E-state index is 5.69. The van der Waals surface area contributed by atoms with E-state index in [1.165, 1.54) is 11.1 Å². The maximum Gasteiger partial charge on any atom is 0.124 e. The highest BCUT2D eigenvalue weighted by Crippen LogP contribution is 2.27. The normalized spacial score (nSPS) is 14.1. The second kappa shape index (κ2) is 6.73. The fourth-order valence-electron chi connectivity index (χ4n) is 2.21. The Morgan fingerprint density at radius 3 is 2.63 bits per heavy atom. The Labute approximate surface area is 119 Å². The minimum atomic E-state index is 0.262. The van der Waals surface area contributed by atoms with E-state index in [2.05, 4.69) is 48.1 Å². The molecule has 1 aromatic heterocycles.